The number of hydrogen-bond donors (Lipinski definition) is 0. The van der Waals surface area contributed by atoms with Gasteiger partial charge in [-0.25, -0.2) is 0 Å². The summed E-state index contributed by atoms with van der Waals surface area (Å²) in [6.45, 7) is 8.07. The first kappa shape index (κ1) is 10.5. The van der Waals surface area contributed by atoms with Crippen LogP contribution in [-0.4, -0.2) is 5.33 Å². The molecule has 0 amide bonds. The first-order valence-corrected chi connectivity index (χ1v) is 4.97. The van der Waals surface area contributed by atoms with E-state index in [9.17, 15) is 0 Å². The van der Waals surface area contributed by atoms with Gasteiger partial charge in [-0.2, -0.15) is 0 Å². The molecule has 0 bridgehead atoms. The molecular weight excluding hydrogens is 211 g/mol. The number of alkyl halides is 1. The minimum Gasteiger partial charge on any atom is -0.0925 e. The lowest BCUT2D eigenvalue weighted by atomic mass is 9.95. The van der Waals surface area contributed by atoms with E-state index in [-0.39, 0.29) is 0 Å². The van der Waals surface area contributed by atoms with Gasteiger partial charge >= 0.3 is 0 Å². The molecule has 0 aromatic rings. The Hall–Kier alpha value is 0.510. The Kier molecular flexibility index (Phi) is 5.46. The summed E-state index contributed by atoms with van der Waals surface area (Å²) in [5.41, 5.74) is 0. The van der Waals surface area contributed by atoms with Crippen LogP contribution >= 0.6 is 27.5 Å². The van der Waals surface area contributed by atoms with E-state index in [4.69, 9.17) is 11.6 Å². The quantitative estimate of drug-likeness (QED) is 0.639. The zero-order valence-corrected chi connectivity index (χ0v) is 8.87. The Morgan fingerprint density at radius 3 is 2.20 bits per heavy atom. The maximum atomic E-state index is 5.68. The molecule has 0 radical (unpaired) electrons. The fraction of sp³-hybridized carbons (Fsp3) is 0.750. The van der Waals surface area contributed by atoms with Crippen molar-refractivity contribution < 1.29 is 0 Å². The standard InChI is InChI=1S/C8H14BrCl/c1-6(2)8(5-9)4-7(3)10/h6,8H,3-5H2,1-2H3. The van der Waals surface area contributed by atoms with Crippen LogP contribution in [0.15, 0.2) is 11.6 Å². The maximum absolute atomic E-state index is 5.68. The van der Waals surface area contributed by atoms with Crippen molar-refractivity contribution >= 4 is 27.5 Å². The third kappa shape index (κ3) is 4.35. The molecule has 0 spiro atoms. The van der Waals surface area contributed by atoms with E-state index < -0.39 is 0 Å². The second kappa shape index (κ2) is 5.20. The SMILES string of the molecule is C=C(Cl)CC(CBr)C(C)C. The van der Waals surface area contributed by atoms with Crippen LogP contribution in [0.1, 0.15) is 20.3 Å². The van der Waals surface area contributed by atoms with E-state index in [2.05, 4.69) is 36.4 Å². The fourth-order valence-corrected chi connectivity index (χ4v) is 1.93. The van der Waals surface area contributed by atoms with Crippen LogP contribution in [0.2, 0.25) is 0 Å². The van der Waals surface area contributed by atoms with Crippen LogP contribution in [0.3, 0.4) is 0 Å². The summed E-state index contributed by atoms with van der Waals surface area (Å²) in [6.07, 6.45) is 0.921. The average molecular weight is 226 g/mol. The van der Waals surface area contributed by atoms with Gasteiger partial charge in [0.25, 0.3) is 0 Å². The molecule has 0 aromatic carbocycles. The van der Waals surface area contributed by atoms with Crippen LogP contribution in [0.25, 0.3) is 0 Å². The van der Waals surface area contributed by atoms with Gasteiger partial charge in [-0.15, -0.1) is 0 Å². The van der Waals surface area contributed by atoms with Crippen molar-refractivity contribution in [2.75, 3.05) is 5.33 Å². The molecule has 10 heavy (non-hydrogen) atoms. The van der Waals surface area contributed by atoms with Gasteiger partial charge in [-0.05, 0) is 18.3 Å². The minimum absolute atomic E-state index is 0.630. The Morgan fingerprint density at radius 1 is 1.60 bits per heavy atom. The molecule has 0 aliphatic carbocycles. The summed E-state index contributed by atoms with van der Waals surface area (Å²) < 4.78 is 0. The smallest absolute Gasteiger partial charge is 0.0112 e. The summed E-state index contributed by atoms with van der Waals surface area (Å²) in [5.74, 6) is 1.31. The van der Waals surface area contributed by atoms with Crippen LogP contribution in [0, 0.1) is 11.8 Å². The summed E-state index contributed by atoms with van der Waals surface area (Å²) in [5, 5.41) is 1.77. The summed E-state index contributed by atoms with van der Waals surface area (Å²) in [4.78, 5) is 0. The van der Waals surface area contributed by atoms with Gasteiger partial charge in [0.2, 0.25) is 0 Å². The van der Waals surface area contributed by atoms with Crippen molar-refractivity contribution in [2.45, 2.75) is 20.3 Å². The van der Waals surface area contributed by atoms with Gasteiger partial charge in [-0.1, -0.05) is 48.0 Å². The molecule has 0 nitrogen and oxygen atoms in total. The van der Waals surface area contributed by atoms with Crippen molar-refractivity contribution in [1.82, 2.24) is 0 Å². The van der Waals surface area contributed by atoms with Gasteiger partial charge < -0.3 is 0 Å². The van der Waals surface area contributed by atoms with Crippen molar-refractivity contribution in [1.29, 1.82) is 0 Å². The fourth-order valence-electron chi connectivity index (χ4n) is 0.753. The lowest BCUT2D eigenvalue weighted by molar-refractivity contribution is 0.431. The van der Waals surface area contributed by atoms with Crippen LogP contribution in [0.5, 0.6) is 0 Å². The molecule has 0 rings (SSSR count). The number of allylic oxidation sites excluding steroid dienone is 1. The first-order valence-electron chi connectivity index (χ1n) is 3.47. The molecule has 0 N–H and O–H groups in total. The summed E-state index contributed by atoms with van der Waals surface area (Å²) in [7, 11) is 0. The largest absolute Gasteiger partial charge is 0.0925 e. The normalized spacial score (nSPS) is 13.7. The molecule has 1 atom stereocenters. The summed E-state index contributed by atoms with van der Waals surface area (Å²) in [6, 6.07) is 0. The molecule has 60 valence electrons. The Balaban J connectivity index is 3.71. The van der Waals surface area contributed by atoms with Crippen LogP contribution in [-0.2, 0) is 0 Å². The monoisotopic (exact) mass is 224 g/mol. The van der Waals surface area contributed by atoms with Crippen molar-refractivity contribution in [3.8, 4) is 0 Å². The molecule has 0 aliphatic rings. The zero-order valence-electron chi connectivity index (χ0n) is 6.53. The van der Waals surface area contributed by atoms with E-state index in [1.54, 1.807) is 0 Å². The highest BCUT2D eigenvalue weighted by molar-refractivity contribution is 9.09. The highest BCUT2D eigenvalue weighted by Gasteiger charge is 2.11. The lowest BCUT2D eigenvalue weighted by Gasteiger charge is -2.16. The van der Waals surface area contributed by atoms with Crippen molar-refractivity contribution in [2.24, 2.45) is 11.8 Å². The third-order valence-corrected chi connectivity index (χ3v) is 2.61. The molecule has 0 saturated heterocycles. The number of rotatable bonds is 4. The van der Waals surface area contributed by atoms with Crippen molar-refractivity contribution in [3.63, 3.8) is 0 Å². The van der Waals surface area contributed by atoms with E-state index >= 15 is 0 Å². The molecule has 2 heteroatoms. The predicted octanol–water partition coefficient (Wildman–Crippen LogP) is 3.80. The molecule has 0 saturated carbocycles. The Morgan fingerprint density at radius 2 is 2.10 bits per heavy atom. The van der Waals surface area contributed by atoms with Crippen LogP contribution < -0.4 is 0 Å². The predicted molar refractivity (Wildman–Crippen MR) is 51.7 cm³/mol. The number of hydrogen-bond acceptors (Lipinski definition) is 0. The molecule has 0 fully saturated rings. The summed E-state index contributed by atoms with van der Waals surface area (Å²) >= 11 is 9.13. The van der Waals surface area contributed by atoms with Gasteiger partial charge in [0.1, 0.15) is 0 Å². The molecule has 1 unspecified atom stereocenters. The first-order chi connectivity index (χ1) is 4.57. The van der Waals surface area contributed by atoms with E-state index in [0.717, 1.165) is 16.8 Å². The Labute approximate surface area is 76.8 Å². The zero-order chi connectivity index (χ0) is 8.15. The van der Waals surface area contributed by atoms with E-state index in [0.29, 0.717) is 11.8 Å². The molecule has 0 aromatic heterocycles. The van der Waals surface area contributed by atoms with Crippen molar-refractivity contribution in [3.05, 3.63) is 11.6 Å². The molecular formula is C8H14BrCl. The van der Waals surface area contributed by atoms with Crippen LogP contribution in [0.4, 0.5) is 0 Å². The number of halogens is 2. The second-order valence-electron chi connectivity index (χ2n) is 2.88. The highest BCUT2D eigenvalue weighted by atomic mass is 79.9. The van der Waals surface area contributed by atoms with Gasteiger partial charge in [0.15, 0.2) is 0 Å². The average Bonchev–Trinajstić information content (AvgIpc) is 1.81. The lowest BCUT2D eigenvalue weighted by Crippen LogP contribution is -2.09. The Bertz CT molecular complexity index is 110. The van der Waals surface area contributed by atoms with E-state index in [1.165, 1.54) is 0 Å². The minimum atomic E-state index is 0.630. The topological polar surface area (TPSA) is 0 Å². The molecule has 0 aliphatic heterocycles. The van der Waals surface area contributed by atoms with E-state index in [1.807, 2.05) is 0 Å². The second-order valence-corrected chi connectivity index (χ2v) is 4.06. The van der Waals surface area contributed by atoms with Gasteiger partial charge in [-0.3, -0.25) is 0 Å². The highest BCUT2D eigenvalue weighted by Crippen LogP contribution is 2.22. The van der Waals surface area contributed by atoms with Gasteiger partial charge in [0.05, 0.1) is 0 Å². The van der Waals surface area contributed by atoms with Gasteiger partial charge in [0, 0.05) is 10.4 Å². The maximum Gasteiger partial charge on any atom is 0.0112 e. The molecule has 0 heterocycles. The third-order valence-electron chi connectivity index (χ3n) is 1.62.